The van der Waals surface area contributed by atoms with Gasteiger partial charge in [-0.3, -0.25) is 9.59 Å². The van der Waals surface area contributed by atoms with Gasteiger partial charge in [0.25, 0.3) is 0 Å². The van der Waals surface area contributed by atoms with Crippen LogP contribution in [0, 0.1) is 0 Å². The summed E-state index contributed by atoms with van der Waals surface area (Å²) in [6.45, 7) is 3.69. The lowest BCUT2D eigenvalue weighted by Gasteiger charge is -1.95. The third kappa shape index (κ3) is 5.65. The minimum atomic E-state index is -0.342. The van der Waals surface area contributed by atoms with E-state index < -0.39 is 0 Å². The number of methoxy groups -OCH3 is 1. The molecule has 0 unspecified atom stereocenters. The maximum atomic E-state index is 11.0. The molecule has 68 valence electrons. The van der Waals surface area contributed by atoms with Crippen molar-refractivity contribution >= 4 is 11.8 Å². The van der Waals surface area contributed by atoms with Gasteiger partial charge in [0.05, 0.1) is 13.5 Å². The van der Waals surface area contributed by atoms with Gasteiger partial charge in [0.1, 0.15) is 0 Å². The van der Waals surface area contributed by atoms with Crippen molar-refractivity contribution in [1.29, 1.82) is 0 Å². The Morgan fingerprint density at radius 3 is 2.25 bits per heavy atom. The Kier molecular flexibility index (Phi) is 5.00. The van der Waals surface area contributed by atoms with E-state index in [2.05, 4.69) is 4.74 Å². The van der Waals surface area contributed by atoms with Gasteiger partial charge in [-0.15, -0.1) is 0 Å². The molecule has 0 aliphatic rings. The summed E-state index contributed by atoms with van der Waals surface area (Å²) < 4.78 is 4.39. The second-order valence-electron chi connectivity index (χ2n) is 2.76. The number of hydrogen-bond acceptors (Lipinski definition) is 3. The maximum absolute atomic E-state index is 11.0. The molecule has 0 N–H and O–H groups in total. The highest BCUT2D eigenvalue weighted by Crippen LogP contribution is 1.97. The zero-order valence-electron chi connectivity index (χ0n) is 7.72. The molecule has 0 aromatic rings. The molecule has 0 fully saturated rings. The molecule has 0 aliphatic heterocycles. The molecule has 0 radical (unpaired) electrons. The standard InChI is InChI=1S/C9H14O3/c1-7(2)6-8(10)4-5-9(11)12-3/h6H,4-5H2,1-3H3. The molecule has 0 aromatic heterocycles. The summed E-state index contributed by atoms with van der Waals surface area (Å²) in [4.78, 5) is 21.6. The van der Waals surface area contributed by atoms with Gasteiger partial charge in [-0.25, -0.2) is 0 Å². The molecule has 3 heteroatoms. The third-order valence-corrected chi connectivity index (χ3v) is 1.25. The number of ketones is 1. The molecule has 0 amide bonds. The zero-order chi connectivity index (χ0) is 9.56. The highest BCUT2D eigenvalue weighted by atomic mass is 16.5. The smallest absolute Gasteiger partial charge is 0.305 e. The Labute approximate surface area is 72.4 Å². The van der Waals surface area contributed by atoms with Gasteiger partial charge in [-0.05, 0) is 19.9 Å². The molecule has 0 bridgehead atoms. The van der Waals surface area contributed by atoms with Crippen LogP contribution in [0.25, 0.3) is 0 Å². The van der Waals surface area contributed by atoms with E-state index in [1.54, 1.807) is 0 Å². The van der Waals surface area contributed by atoms with Gasteiger partial charge in [-0.2, -0.15) is 0 Å². The van der Waals surface area contributed by atoms with E-state index in [1.165, 1.54) is 13.2 Å². The number of carbonyl (C=O) groups is 2. The van der Waals surface area contributed by atoms with Crippen LogP contribution in [0.5, 0.6) is 0 Å². The van der Waals surface area contributed by atoms with Crippen LogP contribution in [-0.2, 0) is 14.3 Å². The number of allylic oxidation sites excluding steroid dienone is 2. The quantitative estimate of drug-likeness (QED) is 0.474. The minimum absolute atomic E-state index is 0.0274. The number of rotatable bonds is 4. The monoisotopic (exact) mass is 170 g/mol. The first-order chi connectivity index (χ1) is 5.56. The van der Waals surface area contributed by atoms with Crippen molar-refractivity contribution in [2.75, 3.05) is 7.11 Å². The lowest BCUT2D eigenvalue weighted by molar-refractivity contribution is -0.141. The number of hydrogen-bond donors (Lipinski definition) is 0. The highest BCUT2D eigenvalue weighted by molar-refractivity contribution is 5.92. The van der Waals surface area contributed by atoms with Crippen molar-refractivity contribution in [3.05, 3.63) is 11.6 Å². The molecule has 0 heterocycles. The molecule has 0 saturated heterocycles. The summed E-state index contributed by atoms with van der Waals surface area (Å²) in [5.74, 6) is -0.370. The van der Waals surface area contributed by atoms with Crippen LogP contribution in [0.2, 0.25) is 0 Å². The van der Waals surface area contributed by atoms with Crippen LogP contribution in [0.4, 0.5) is 0 Å². The normalized spacial score (nSPS) is 8.92. The Morgan fingerprint density at radius 2 is 1.83 bits per heavy atom. The predicted octanol–water partition coefficient (Wildman–Crippen LogP) is 1.47. The van der Waals surface area contributed by atoms with Gasteiger partial charge in [0.15, 0.2) is 5.78 Å². The van der Waals surface area contributed by atoms with E-state index >= 15 is 0 Å². The zero-order valence-corrected chi connectivity index (χ0v) is 7.72. The van der Waals surface area contributed by atoms with Crippen molar-refractivity contribution in [1.82, 2.24) is 0 Å². The van der Waals surface area contributed by atoms with Gasteiger partial charge in [-0.1, -0.05) is 5.57 Å². The Balaban J connectivity index is 3.73. The molecule has 0 spiro atoms. The van der Waals surface area contributed by atoms with Crippen molar-refractivity contribution in [2.45, 2.75) is 26.7 Å². The Bertz CT molecular complexity index is 200. The first-order valence-corrected chi connectivity index (χ1v) is 3.81. The molecule has 0 aliphatic carbocycles. The van der Waals surface area contributed by atoms with Crippen molar-refractivity contribution in [3.63, 3.8) is 0 Å². The van der Waals surface area contributed by atoms with Crippen LogP contribution in [0.1, 0.15) is 26.7 Å². The SMILES string of the molecule is COC(=O)CCC(=O)C=C(C)C. The third-order valence-electron chi connectivity index (χ3n) is 1.25. The summed E-state index contributed by atoms with van der Waals surface area (Å²) >= 11 is 0. The van der Waals surface area contributed by atoms with E-state index in [0.717, 1.165) is 5.57 Å². The summed E-state index contributed by atoms with van der Waals surface area (Å²) in [7, 11) is 1.31. The average molecular weight is 170 g/mol. The van der Waals surface area contributed by atoms with Crippen LogP contribution in [0.15, 0.2) is 11.6 Å². The molecule has 0 aromatic carbocycles. The predicted molar refractivity (Wildman–Crippen MR) is 45.7 cm³/mol. The van der Waals surface area contributed by atoms with E-state index in [0.29, 0.717) is 0 Å². The number of esters is 1. The van der Waals surface area contributed by atoms with Gasteiger partial charge in [0, 0.05) is 6.42 Å². The number of ether oxygens (including phenoxy) is 1. The van der Waals surface area contributed by atoms with E-state index in [-0.39, 0.29) is 24.6 Å². The lowest BCUT2D eigenvalue weighted by atomic mass is 10.2. The van der Waals surface area contributed by atoms with Crippen molar-refractivity contribution < 1.29 is 14.3 Å². The summed E-state index contributed by atoms with van der Waals surface area (Å²) in [5.41, 5.74) is 0.949. The fraction of sp³-hybridized carbons (Fsp3) is 0.556. The summed E-state index contributed by atoms with van der Waals surface area (Å²) in [5, 5.41) is 0. The Hall–Kier alpha value is -1.12. The average Bonchev–Trinajstić information content (AvgIpc) is 1.99. The van der Waals surface area contributed by atoms with E-state index in [9.17, 15) is 9.59 Å². The molecule has 0 atom stereocenters. The van der Waals surface area contributed by atoms with E-state index in [4.69, 9.17) is 0 Å². The molecular weight excluding hydrogens is 156 g/mol. The highest BCUT2D eigenvalue weighted by Gasteiger charge is 2.03. The second-order valence-corrected chi connectivity index (χ2v) is 2.76. The largest absolute Gasteiger partial charge is 0.469 e. The lowest BCUT2D eigenvalue weighted by Crippen LogP contribution is -2.03. The molecular formula is C9H14O3. The second kappa shape index (κ2) is 5.52. The molecule has 0 rings (SSSR count). The molecule has 3 nitrogen and oxygen atoms in total. The first-order valence-electron chi connectivity index (χ1n) is 3.81. The topological polar surface area (TPSA) is 43.4 Å². The van der Waals surface area contributed by atoms with Crippen LogP contribution in [0.3, 0.4) is 0 Å². The van der Waals surface area contributed by atoms with Crippen LogP contribution in [-0.4, -0.2) is 18.9 Å². The van der Waals surface area contributed by atoms with Crippen LogP contribution >= 0.6 is 0 Å². The summed E-state index contributed by atoms with van der Waals surface area (Å²) in [6, 6.07) is 0. The summed E-state index contributed by atoms with van der Waals surface area (Å²) in [6.07, 6.45) is 1.93. The maximum Gasteiger partial charge on any atom is 0.305 e. The van der Waals surface area contributed by atoms with Crippen LogP contribution < -0.4 is 0 Å². The Morgan fingerprint density at radius 1 is 1.25 bits per heavy atom. The van der Waals surface area contributed by atoms with Gasteiger partial charge >= 0.3 is 5.97 Å². The minimum Gasteiger partial charge on any atom is -0.469 e. The van der Waals surface area contributed by atoms with Crippen molar-refractivity contribution in [3.8, 4) is 0 Å². The van der Waals surface area contributed by atoms with Gasteiger partial charge in [0.2, 0.25) is 0 Å². The molecule has 0 saturated carbocycles. The number of carbonyl (C=O) groups excluding carboxylic acids is 2. The van der Waals surface area contributed by atoms with Crippen molar-refractivity contribution in [2.24, 2.45) is 0 Å². The van der Waals surface area contributed by atoms with Gasteiger partial charge < -0.3 is 4.74 Å². The van der Waals surface area contributed by atoms with E-state index in [1.807, 2.05) is 13.8 Å². The first kappa shape index (κ1) is 10.9. The fourth-order valence-electron chi connectivity index (χ4n) is 0.721. The fourth-order valence-corrected chi connectivity index (χ4v) is 0.721. The molecule has 12 heavy (non-hydrogen) atoms.